The van der Waals surface area contributed by atoms with Crippen LogP contribution in [0.4, 0.5) is 5.82 Å². The molecule has 1 aliphatic carbocycles. The molecule has 7 nitrogen and oxygen atoms in total. The smallest absolute Gasteiger partial charge is 0.267 e. The van der Waals surface area contributed by atoms with E-state index in [9.17, 15) is 9.59 Å². The third-order valence-corrected chi connectivity index (χ3v) is 5.23. The van der Waals surface area contributed by atoms with Crippen LogP contribution in [0.2, 0.25) is 5.02 Å². The molecule has 1 aliphatic heterocycles. The predicted octanol–water partition coefficient (Wildman–Crippen LogP) is 2.88. The number of rotatable bonds is 5. The van der Waals surface area contributed by atoms with Gasteiger partial charge < -0.3 is 10.2 Å². The molecule has 2 fully saturated rings. The molecule has 3 N–H and O–H groups in total. The van der Waals surface area contributed by atoms with Gasteiger partial charge in [0, 0.05) is 37.3 Å². The van der Waals surface area contributed by atoms with Crippen LogP contribution in [0.15, 0.2) is 18.3 Å². The standard InChI is InChI=1S/C18H23ClN4O3.ClH/c19-15-9-12(5-6-16(24)22-26)10-20-17(15)21-14-7-8-23(11-14)18(25)13-3-1-2-4-13;/h5-6,9-10,13-14,26H,1-4,7-8,11H2,(H,20,21)(H,22,24);1H/b6-5+;/t14-;/m1./s1. The summed E-state index contributed by atoms with van der Waals surface area (Å²) < 4.78 is 0. The number of aromatic nitrogens is 1. The molecule has 1 aromatic heterocycles. The van der Waals surface area contributed by atoms with Gasteiger partial charge in [-0.2, -0.15) is 0 Å². The van der Waals surface area contributed by atoms with Gasteiger partial charge >= 0.3 is 0 Å². The fourth-order valence-corrected chi connectivity index (χ4v) is 3.79. The number of anilines is 1. The maximum atomic E-state index is 12.5. The number of likely N-dealkylation sites (tertiary alicyclic amines) is 1. The Morgan fingerprint density at radius 3 is 2.70 bits per heavy atom. The number of hydrogen-bond acceptors (Lipinski definition) is 5. The van der Waals surface area contributed by atoms with Crippen molar-refractivity contribution < 1.29 is 14.8 Å². The van der Waals surface area contributed by atoms with Crippen molar-refractivity contribution in [3.8, 4) is 0 Å². The Morgan fingerprint density at radius 2 is 2.04 bits per heavy atom. The molecule has 27 heavy (non-hydrogen) atoms. The van der Waals surface area contributed by atoms with Crippen LogP contribution in [0.1, 0.15) is 37.7 Å². The summed E-state index contributed by atoms with van der Waals surface area (Å²) in [6.07, 6.45) is 9.50. The average Bonchev–Trinajstić information content (AvgIpc) is 3.33. The van der Waals surface area contributed by atoms with Crippen LogP contribution < -0.4 is 10.8 Å². The van der Waals surface area contributed by atoms with Crippen molar-refractivity contribution in [2.45, 2.75) is 38.1 Å². The molecule has 9 heteroatoms. The zero-order valence-corrected chi connectivity index (χ0v) is 16.4. The second kappa shape index (κ2) is 9.92. The van der Waals surface area contributed by atoms with Crippen LogP contribution in [0.25, 0.3) is 6.08 Å². The number of halogens is 2. The van der Waals surface area contributed by atoms with E-state index in [1.54, 1.807) is 12.3 Å². The van der Waals surface area contributed by atoms with Gasteiger partial charge in [-0.25, -0.2) is 10.5 Å². The van der Waals surface area contributed by atoms with Crippen molar-refractivity contribution in [2.24, 2.45) is 5.92 Å². The van der Waals surface area contributed by atoms with Crippen molar-refractivity contribution in [1.29, 1.82) is 0 Å². The van der Waals surface area contributed by atoms with Crippen LogP contribution >= 0.6 is 24.0 Å². The maximum absolute atomic E-state index is 12.5. The fraction of sp³-hybridized carbons (Fsp3) is 0.500. The Labute approximate surface area is 169 Å². The van der Waals surface area contributed by atoms with Crippen molar-refractivity contribution in [3.05, 3.63) is 28.9 Å². The van der Waals surface area contributed by atoms with E-state index in [0.29, 0.717) is 22.9 Å². The van der Waals surface area contributed by atoms with Gasteiger partial charge in [0.05, 0.1) is 5.02 Å². The number of carbonyl (C=O) groups excluding carboxylic acids is 2. The Balaban J connectivity index is 0.00000261. The normalized spacial score (nSPS) is 19.9. The second-order valence-corrected chi connectivity index (χ2v) is 7.21. The van der Waals surface area contributed by atoms with Crippen LogP contribution in [-0.2, 0) is 9.59 Å². The molecular weight excluding hydrogens is 391 g/mol. The molecule has 2 heterocycles. The summed E-state index contributed by atoms with van der Waals surface area (Å²) in [7, 11) is 0. The molecule has 0 spiro atoms. The first-order valence-corrected chi connectivity index (χ1v) is 9.27. The second-order valence-electron chi connectivity index (χ2n) is 6.80. The first-order valence-electron chi connectivity index (χ1n) is 8.90. The van der Waals surface area contributed by atoms with Crippen molar-refractivity contribution in [1.82, 2.24) is 15.4 Å². The fourth-order valence-electron chi connectivity index (χ4n) is 3.56. The monoisotopic (exact) mass is 414 g/mol. The van der Waals surface area contributed by atoms with E-state index in [0.717, 1.165) is 38.6 Å². The number of hydrogen-bond donors (Lipinski definition) is 3. The number of nitrogens with zero attached hydrogens (tertiary/aromatic N) is 2. The summed E-state index contributed by atoms with van der Waals surface area (Å²) in [5.74, 6) is 0.433. The van der Waals surface area contributed by atoms with E-state index in [2.05, 4.69) is 10.3 Å². The Bertz CT molecular complexity index is 708. The molecule has 0 unspecified atom stereocenters. The predicted molar refractivity (Wildman–Crippen MR) is 106 cm³/mol. The van der Waals surface area contributed by atoms with E-state index < -0.39 is 5.91 Å². The molecule has 1 saturated carbocycles. The molecule has 1 aromatic rings. The van der Waals surface area contributed by atoms with Crippen LogP contribution in [0, 0.1) is 5.92 Å². The molecular formula is C18H24Cl2N4O3. The van der Waals surface area contributed by atoms with Gasteiger partial charge in [0.15, 0.2) is 0 Å². The van der Waals surface area contributed by atoms with E-state index >= 15 is 0 Å². The van der Waals surface area contributed by atoms with Gasteiger partial charge in [0.1, 0.15) is 5.82 Å². The quantitative estimate of drug-likeness (QED) is 0.391. The highest BCUT2D eigenvalue weighted by Crippen LogP contribution is 2.29. The lowest BCUT2D eigenvalue weighted by Crippen LogP contribution is -2.35. The summed E-state index contributed by atoms with van der Waals surface area (Å²) >= 11 is 6.27. The van der Waals surface area contributed by atoms with Gasteiger partial charge in [0.25, 0.3) is 5.91 Å². The zero-order chi connectivity index (χ0) is 18.5. The number of hydroxylamine groups is 1. The van der Waals surface area contributed by atoms with Crippen molar-refractivity contribution >= 4 is 47.7 Å². The van der Waals surface area contributed by atoms with Gasteiger partial charge in [0.2, 0.25) is 5.91 Å². The third kappa shape index (κ3) is 5.57. The number of nitrogens with one attached hydrogen (secondary N) is 2. The van der Waals surface area contributed by atoms with Gasteiger partial charge in [-0.15, -0.1) is 12.4 Å². The minimum Gasteiger partial charge on any atom is -0.364 e. The molecule has 0 radical (unpaired) electrons. The summed E-state index contributed by atoms with van der Waals surface area (Å²) in [5, 5.41) is 12.2. The highest BCUT2D eigenvalue weighted by atomic mass is 35.5. The average molecular weight is 415 g/mol. The lowest BCUT2D eigenvalue weighted by Gasteiger charge is -2.21. The van der Waals surface area contributed by atoms with Crippen LogP contribution in [-0.4, -0.2) is 46.0 Å². The van der Waals surface area contributed by atoms with Gasteiger partial charge in [-0.3, -0.25) is 14.8 Å². The molecule has 1 atom stereocenters. The SMILES string of the molecule is Cl.O=C(/C=C/c1cnc(N[C@@H]2CCN(C(=O)C3CCCC3)C2)c(Cl)c1)NO. The van der Waals surface area contributed by atoms with Gasteiger partial charge in [-0.05, 0) is 37.0 Å². The minimum absolute atomic E-state index is 0. The third-order valence-electron chi connectivity index (χ3n) is 4.94. The van der Waals surface area contributed by atoms with Crippen LogP contribution in [0.3, 0.4) is 0 Å². The number of amides is 2. The zero-order valence-electron chi connectivity index (χ0n) is 14.9. The number of pyridine rings is 1. The van der Waals surface area contributed by atoms with E-state index in [-0.39, 0.29) is 30.3 Å². The summed E-state index contributed by atoms with van der Waals surface area (Å²) in [4.78, 5) is 29.8. The van der Waals surface area contributed by atoms with Gasteiger partial charge in [-0.1, -0.05) is 24.4 Å². The topological polar surface area (TPSA) is 94.6 Å². The molecule has 3 rings (SSSR count). The maximum Gasteiger partial charge on any atom is 0.267 e. The van der Waals surface area contributed by atoms with Crippen molar-refractivity contribution in [2.75, 3.05) is 18.4 Å². The lowest BCUT2D eigenvalue weighted by atomic mass is 10.1. The van der Waals surface area contributed by atoms with E-state index in [4.69, 9.17) is 16.8 Å². The summed E-state index contributed by atoms with van der Waals surface area (Å²) in [5.41, 5.74) is 2.17. The Kier molecular flexibility index (Phi) is 7.89. The summed E-state index contributed by atoms with van der Waals surface area (Å²) in [6, 6.07) is 1.82. The molecule has 148 valence electrons. The van der Waals surface area contributed by atoms with Crippen LogP contribution in [0.5, 0.6) is 0 Å². The Morgan fingerprint density at radius 1 is 1.30 bits per heavy atom. The summed E-state index contributed by atoms with van der Waals surface area (Å²) in [6.45, 7) is 1.44. The highest BCUT2D eigenvalue weighted by molar-refractivity contribution is 6.33. The van der Waals surface area contributed by atoms with E-state index in [1.165, 1.54) is 17.6 Å². The highest BCUT2D eigenvalue weighted by Gasteiger charge is 2.32. The Hall–Kier alpha value is -1.83. The minimum atomic E-state index is -0.624. The molecule has 1 saturated heterocycles. The van der Waals surface area contributed by atoms with E-state index in [1.807, 2.05) is 4.90 Å². The molecule has 0 bridgehead atoms. The first-order chi connectivity index (χ1) is 12.6. The molecule has 0 aromatic carbocycles. The van der Waals surface area contributed by atoms with Crippen molar-refractivity contribution in [3.63, 3.8) is 0 Å². The first kappa shape index (κ1) is 21.5. The molecule has 2 amide bonds. The largest absolute Gasteiger partial charge is 0.364 e. The molecule has 2 aliphatic rings. The lowest BCUT2D eigenvalue weighted by molar-refractivity contribution is -0.134. The number of carbonyl (C=O) groups is 2.